The molecule has 1 aliphatic heterocycles. The van der Waals surface area contributed by atoms with Crippen molar-refractivity contribution >= 4 is 16.8 Å². The van der Waals surface area contributed by atoms with Crippen LogP contribution in [-0.4, -0.2) is 35.5 Å². The van der Waals surface area contributed by atoms with Crippen LogP contribution < -0.4 is 4.74 Å². The number of carbonyl (C=O) groups is 1. The third-order valence-corrected chi connectivity index (χ3v) is 5.07. The maximum atomic E-state index is 12.6. The number of aromatic amines is 1. The number of rotatable bonds is 5. The van der Waals surface area contributed by atoms with Crippen LogP contribution in [0.4, 0.5) is 0 Å². The molecule has 134 valence electrons. The molecular weight excluding hydrogens is 324 g/mol. The van der Waals surface area contributed by atoms with Gasteiger partial charge in [0.1, 0.15) is 5.75 Å². The van der Waals surface area contributed by atoms with Gasteiger partial charge in [0.15, 0.2) is 0 Å². The molecule has 26 heavy (non-hydrogen) atoms. The molecule has 0 aliphatic carbocycles. The Bertz CT molecular complexity index is 886. The second kappa shape index (κ2) is 7.65. The molecule has 3 aromatic rings. The topological polar surface area (TPSA) is 45.3 Å². The Labute approximate surface area is 153 Å². The Morgan fingerprint density at radius 3 is 2.65 bits per heavy atom. The average Bonchev–Trinajstić information content (AvgIpc) is 2.90. The second-order valence-corrected chi connectivity index (χ2v) is 6.77. The number of para-hydroxylation sites is 2. The Hall–Kier alpha value is -2.75. The predicted octanol–water partition coefficient (Wildman–Crippen LogP) is 3.95. The quantitative estimate of drug-likeness (QED) is 0.710. The summed E-state index contributed by atoms with van der Waals surface area (Å²) in [7, 11) is 0. The molecular formula is C22H24N2O2. The van der Waals surface area contributed by atoms with Crippen LogP contribution in [0, 0.1) is 0 Å². The van der Waals surface area contributed by atoms with E-state index in [0.717, 1.165) is 38.1 Å². The van der Waals surface area contributed by atoms with Crippen LogP contribution in [0.25, 0.3) is 10.9 Å². The molecule has 4 rings (SSSR count). The zero-order valence-electron chi connectivity index (χ0n) is 14.9. The summed E-state index contributed by atoms with van der Waals surface area (Å²) in [6.45, 7) is 2.17. The number of ether oxygens (including phenoxy) is 1. The Morgan fingerprint density at radius 1 is 1.00 bits per heavy atom. The highest BCUT2D eigenvalue weighted by Crippen LogP contribution is 2.25. The fourth-order valence-electron chi connectivity index (χ4n) is 3.70. The van der Waals surface area contributed by atoms with Crippen LogP contribution in [0.1, 0.15) is 24.1 Å². The average molecular weight is 348 g/mol. The normalized spacial score (nSPS) is 14.1. The maximum absolute atomic E-state index is 12.6. The minimum absolute atomic E-state index is 0.233. The molecule has 0 spiro atoms. The van der Waals surface area contributed by atoms with Gasteiger partial charge in [-0.2, -0.15) is 0 Å². The van der Waals surface area contributed by atoms with Crippen molar-refractivity contribution in [1.29, 1.82) is 0 Å². The largest absolute Gasteiger partial charge is 0.494 e. The van der Waals surface area contributed by atoms with Gasteiger partial charge in [-0.3, -0.25) is 4.79 Å². The van der Waals surface area contributed by atoms with E-state index >= 15 is 0 Å². The lowest BCUT2D eigenvalue weighted by molar-refractivity contribution is -0.131. The fourth-order valence-corrected chi connectivity index (χ4v) is 3.70. The molecule has 2 heterocycles. The number of nitrogens with zero attached hydrogens (tertiary/aromatic N) is 1. The van der Waals surface area contributed by atoms with Crippen LogP contribution >= 0.6 is 0 Å². The molecule has 0 saturated heterocycles. The molecule has 1 N–H and O–H groups in total. The lowest BCUT2D eigenvalue weighted by Crippen LogP contribution is -2.33. The zero-order valence-corrected chi connectivity index (χ0v) is 14.9. The summed E-state index contributed by atoms with van der Waals surface area (Å²) in [4.78, 5) is 18.1. The predicted molar refractivity (Wildman–Crippen MR) is 103 cm³/mol. The van der Waals surface area contributed by atoms with E-state index in [4.69, 9.17) is 4.74 Å². The van der Waals surface area contributed by atoms with Gasteiger partial charge in [-0.15, -0.1) is 0 Å². The van der Waals surface area contributed by atoms with Crippen molar-refractivity contribution in [2.45, 2.75) is 25.7 Å². The van der Waals surface area contributed by atoms with E-state index in [2.05, 4.69) is 29.2 Å². The van der Waals surface area contributed by atoms with Gasteiger partial charge in [0.05, 0.1) is 6.61 Å². The molecule has 0 unspecified atom stereocenters. The van der Waals surface area contributed by atoms with Crippen LogP contribution in [0.2, 0.25) is 0 Å². The first-order valence-corrected chi connectivity index (χ1v) is 9.35. The van der Waals surface area contributed by atoms with Crippen molar-refractivity contribution in [2.24, 2.45) is 0 Å². The van der Waals surface area contributed by atoms with Gasteiger partial charge in [0.25, 0.3) is 0 Å². The lowest BCUT2D eigenvalue weighted by atomic mass is 10.1. The van der Waals surface area contributed by atoms with Crippen LogP contribution in [0.15, 0.2) is 54.6 Å². The number of nitrogens with one attached hydrogen (secondary N) is 1. The Kier molecular flexibility index (Phi) is 4.91. The molecule has 0 atom stereocenters. The smallest absolute Gasteiger partial charge is 0.222 e. The minimum Gasteiger partial charge on any atom is -0.494 e. The third-order valence-electron chi connectivity index (χ3n) is 5.07. The highest BCUT2D eigenvalue weighted by atomic mass is 16.5. The number of amides is 1. The Morgan fingerprint density at radius 2 is 1.77 bits per heavy atom. The molecule has 0 radical (unpaired) electrons. The van der Waals surface area contributed by atoms with Crippen LogP contribution in [0.3, 0.4) is 0 Å². The zero-order chi connectivity index (χ0) is 17.8. The first-order chi connectivity index (χ1) is 12.8. The third kappa shape index (κ3) is 3.59. The molecule has 2 aromatic carbocycles. The number of aromatic nitrogens is 1. The first kappa shape index (κ1) is 16.7. The molecule has 0 fully saturated rings. The van der Waals surface area contributed by atoms with E-state index in [9.17, 15) is 4.79 Å². The summed E-state index contributed by atoms with van der Waals surface area (Å²) in [6, 6.07) is 18.2. The summed E-state index contributed by atoms with van der Waals surface area (Å²) in [5, 5.41) is 1.30. The molecule has 4 heteroatoms. The van der Waals surface area contributed by atoms with E-state index < -0.39 is 0 Å². The van der Waals surface area contributed by atoms with Gasteiger partial charge in [0.2, 0.25) is 5.91 Å². The summed E-state index contributed by atoms with van der Waals surface area (Å²) >= 11 is 0. The van der Waals surface area contributed by atoms with Crippen molar-refractivity contribution in [3.63, 3.8) is 0 Å². The van der Waals surface area contributed by atoms with Crippen molar-refractivity contribution in [2.75, 3.05) is 19.7 Å². The molecule has 1 aliphatic rings. The van der Waals surface area contributed by atoms with E-state index in [-0.39, 0.29) is 5.91 Å². The van der Waals surface area contributed by atoms with Gasteiger partial charge in [0, 0.05) is 42.5 Å². The van der Waals surface area contributed by atoms with Gasteiger partial charge in [-0.25, -0.2) is 0 Å². The summed E-state index contributed by atoms with van der Waals surface area (Å²) < 4.78 is 5.68. The summed E-state index contributed by atoms with van der Waals surface area (Å²) in [5.41, 5.74) is 3.87. The molecule has 4 nitrogen and oxygen atoms in total. The van der Waals surface area contributed by atoms with Crippen molar-refractivity contribution in [1.82, 2.24) is 9.88 Å². The Balaban J connectivity index is 1.29. The highest BCUT2D eigenvalue weighted by molar-refractivity contribution is 5.85. The van der Waals surface area contributed by atoms with E-state index in [1.54, 1.807) is 0 Å². The first-order valence-electron chi connectivity index (χ1n) is 9.35. The fraction of sp³-hybridized carbons (Fsp3) is 0.318. The molecule has 0 saturated carbocycles. The highest BCUT2D eigenvalue weighted by Gasteiger charge is 2.20. The van der Waals surface area contributed by atoms with Crippen molar-refractivity contribution in [3.8, 4) is 5.75 Å². The number of hydrogen-bond donors (Lipinski definition) is 1. The summed E-state index contributed by atoms with van der Waals surface area (Å²) in [5.74, 6) is 1.09. The van der Waals surface area contributed by atoms with Gasteiger partial charge in [-0.05, 0) is 36.6 Å². The van der Waals surface area contributed by atoms with Gasteiger partial charge in [-0.1, -0.05) is 36.4 Å². The standard InChI is InChI=1S/C22H24N2O2/c25-22(11-6-16-26-17-7-2-1-3-8-17)24-14-12-19-18-9-4-5-10-20(18)23-21(19)13-15-24/h1-5,7-10,23H,6,11-16H2. The molecule has 1 amide bonds. The number of hydrogen-bond acceptors (Lipinski definition) is 2. The maximum Gasteiger partial charge on any atom is 0.222 e. The van der Waals surface area contributed by atoms with Crippen molar-refractivity contribution in [3.05, 3.63) is 65.9 Å². The minimum atomic E-state index is 0.233. The molecule has 0 bridgehead atoms. The lowest BCUT2D eigenvalue weighted by Gasteiger charge is -2.20. The van der Waals surface area contributed by atoms with Crippen LogP contribution in [-0.2, 0) is 17.6 Å². The van der Waals surface area contributed by atoms with Gasteiger partial charge >= 0.3 is 0 Å². The van der Waals surface area contributed by atoms with Crippen molar-refractivity contribution < 1.29 is 9.53 Å². The van der Waals surface area contributed by atoms with E-state index in [1.165, 1.54) is 22.2 Å². The molecule has 1 aromatic heterocycles. The SMILES string of the molecule is O=C(CCCOc1ccccc1)N1CCc2[nH]c3ccccc3c2CC1. The number of fused-ring (bicyclic) bond motifs is 3. The number of carbonyl (C=O) groups excluding carboxylic acids is 1. The monoisotopic (exact) mass is 348 g/mol. The van der Waals surface area contributed by atoms with Crippen LogP contribution in [0.5, 0.6) is 5.75 Å². The second-order valence-electron chi connectivity index (χ2n) is 6.77. The van der Waals surface area contributed by atoms with E-state index in [1.807, 2.05) is 35.2 Å². The number of H-pyrrole nitrogens is 1. The van der Waals surface area contributed by atoms with Gasteiger partial charge < -0.3 is 14.6 Å². The van der Waals surface area contributed by atoms with E-state index in [0.29, 0.717) is 13.0 Å². The summed E-state index contributed by atoms with van der Waals surface area (Å²) in [6.07, 6.45) is 3.11. The number of benzene rings is 2.